The van der Waals surface area contributed by atoms with E-state index in [1.807, 2.05) is 84.9 Å². The Morgan fingerprint density at radius 2 is 0.800 bits per heavy atom. The van der Waals surface area contributed by atoms with Crippen molar-refractivity contribution in [3.05, 3.63) is 143 Å². The van der Waals surface area contributed by atoms with Gasteiger partial charge in [0, 0.05) is 44.8 Å². The lowest BCUT2D eigenvalue weighted by Crippen LogP contribution is -1.93. The average Bonchev–Trinajstić information content (AvgIpc) is 3.00. The SMILES string of the molecule is Nc1ccc(C#Cc2cc(-c3ccc(C=O)cc3)c(C#Cc3ccc(N)cc3)cc2-c2ccc(C=O)cc2)cc1. The molecule has 40 heavy (non-hydrogen) atoms. The second-order valence-corrected chi connectivity index (χ2v) is 9.17. The summed E-state index contributed by atoms with van der Waals surface area (Å²) in [5.74, 6) is 13.2. The summed E-state index contributed by atoms with van der Waals surface area (Å²) in [5, 5.41) is 0. The highest BCUT2D eigenvalue weighted by atomic mass is 16.1. The van der Waals surface area contributed by atoms with Crippen molar-refractivity contribution in [2.45, 2.75) is 0 Å². The van der Waals surface area contributed by atoms with Crippen LogP contribution in [0, 0.1) is 23.7 Å². The van der Waals surface area contributed by atoms with Gasteiger partial charge in [0.05, 0.1) is 0 Å². The molecule has 0 radical (unpaired) electrons. The van der Waals surface area contributed by atoms with Crippen LogP contribution in [0.15, 0.2) is 109 Å². The molecule has 5 rings (SSSR count). The molecule has 0 saturated heterocycles. The standard InChI is InChI=1S/C36H24N2O2/c37-33-17-7-25(8-18-33)1-15-31-21-36(30-13-5-28(24-40)6-14-30)32(16-2-26-9-19-34(38)20-10-26)22-35(31)29-11-3-27(23-39)4-12-29/h3-14,17-24H,37-38H2. The zero-order valence-corrected chi connectivity index (χ0v) is 21.5. The fourth-order valence-electron chi connectivity index (χ4n) is 4.18. The Morgan fingerprint density at radius 3 is 1.12 bits per heavy atom. The van der Waals surface area contributed by atoms with Crippen LogP contribution in [0.3, 0.4) is 0 Å². The number of aldehydes is 2. The Labute approximate surface area is 233 Å². The Morgan fingerprint density at radius 1 is 0.450 bits per heavy atom. The third-order valence-electron chi connectivity index (χ3n) is 6.38. The van der Waals surface area contributed by atoms with Crippen LogP contribution in [-0.2, 0) is 0 Å². The number of benzene rings is 5. The molecule has 0 aliphatic heterocycles. The molecule has 0 bridgehead atoms. The van der Waals surface area contributed by atoms with Crippen molar-refractivity contribution in [1.29, 1.82) is 0 Å². The maximum atomic E-state index is 11.3. The summed E-state index contributed by atoms with van der Waals surface area (Å²) in [4.78, 5) is 22.5. The first kappa shape index (κ1) is 25.8. The predicted octanol–water partition coefficient (Wildman–Crippen LogP) is 6.61. The first-order chi connectivity index (χ1) is 19.5. The van der Waals surface area contributed by atoms with Gasteiger partial charge in [0.2, 0.25) is 0 Å². The first-order valence-electron chi connectivity index (χ1n) is 12.6. The number of anilines is 2. The molecule has 5 aromatic carbocycles. The highest BCUT2D eigenvalue weighted by Gasteiger charge is 2.12. The number of hydrogen-bond donors (Lipinski definition) is 2. The third kappa shape index (κ3) is 6.00. The molecule has 4 nitrogen and oxygen atoms in total. The monoisotopic (exact) mass is 516 g/mol. The second kappa shape index (κ2) is 11.7. The molecule has 4 heteroatoms. The van der Waals surface area contributed by atoms with E-state index >= 15 is 0 Å². The van der Waals surface area contributed by atoms with Gasteiger partial charge in [-0.2, -0.15) is 0 Å². The van der Waals surface area contributed by atoms with Crippen molar-refractivity contribution in [3.63, 3.8) is 0 Å². The van der Waals surface area contributed by atoms with E-state index in [1.54, 1.807) is 24.3 Å². The van der Waals surface area contributed by atoms with Gasteiger partial charge in [-0.05, 0) is 82.9 Å². The predicted molar refractivity (Wildman–Crippen MR) is 162 cm³/mol. The van der Waals surface area contributed by atoms with Gasteiger partial charge >= 0.3 is 0 Å². The van der Waals surface area contributed by atoms with Crippen LogP contribution in [0.4, 0.5) is 11.4 Å². The van der Waals surface area contributed by atoms with E-state index in [0.29, 0.717) is 22.5 Å². The normalized spacial score (nSPS) is 10.0. The summed E-state index contributed by atoms with van der Waals surface area (Å²) >= 11 is 0. The molecular formula is C36H24N2O2. The van der Waals surface area contributed by atoms with Gasteiger partial charge < -0.3 is 11.5 Å². The Kier molecular flexibility index (Phi) is 7.54. The van der Waals surface area contributed by atoms with Gasteiger partial charge in [-0.25, -0.2) is 0 Å². The number of nitrogen functional groups attached to an aromatic ring is 2. The number of hydrogen-bond acceptors (Lipinski definition) is 4. The zero-order chi connectivity index (χ0) is 27.9. The van der Waals surface area contributed by atoms with E-state index in [1.165, 1.54) is 0 Å². The third-order valence-corrected chi connectivity index (χ3v) is 6.38. The molecule has 0 amide bonds. The van der Waals surface area contributed by atoms with Gasteiger partial charge in [0.1, 0.15) is 12.6 Å². The molecule has 0 aromatic heterocycles. The van der Waals surface area contributed by atoms with Crippen LogP contribution in [0.25, 0.3) is 22.3 Å². The molecule has 0 atom stereocenters. The lowest BCUT2D eigenvalue weighted by Gasteiger charge is -2.12. The molecule has 0 aliphatic rings. The Bertz CT molecular complexity index is 1670. The Balaban J connectivity index is 1.73. The molecule has 4 N–H and O–H groups in total. The van der Waals surface area contributed by atoms with Crippen LogP contribution in [0.2, 0.25) is 0 Å². The lowest BCUT2D eigenvalue weighted by atomic mass is 9.90. The summed E-state index contributed by atoms with van der Waals surface area (Å²) in [5.41, 5.74) is 21.1. The summed E-state index contributed by atoms with van der Waals surface area (Å²) in [6.45, 7) is 0. The van der Waals surface area contributed by atoms with Crippen molar-refractivity contribution < 1.29 is 9.59 Å². The van der Waals surface area contributed by atoms with E-state index in [9.17, 15) is 9.59 Å². The van der Waals surface area contributed by atoms with Gasteiger partial charge in [-0.1, -0.05) is 72.2 Å². The number of carbonyl (C=O) groups excluding carboxylic acids is 2. The quantitative estimate of drug-likeness (QED) is 0.160. The largest absolute Gasteiger partial charge is 0.399 e. The van der Waals surface area contributed by atoms with Crippen molar-refractivity contribution in [3.8, 4) is 45.9 Å². The van der Waals surface area contributed by atoms with Crippen LogP contribution >= 0.6 is 0 Å². The summed E-state index contributed by atoms with van der Waals surface area (Å²) in [6.07, 6.45) is 1.64. The molecule has 0 aliphatic carbocycles. The van der Waals surface area contributed by atoms with E-state index in [2.05, 4.69) is 23.7 Å². The van der Waals surface area contributed by atoms with E-state index in [0.717, 1.165) is 57.1 Å². The number of nitrogens with two attached hydrogens (primary N) is 2. The molecule has 190 valence electrons. The smallest absolute Gasteiger partial charge is 0.150 e. The van der Waals surface area contributed by atoms with Crippen LogP contribution in [0.1, 0.15) is 43.0 Å². The van der Waals surface area contributed by atoms with Crippen molar-refractivity contribution in [2.75, 3.05) is 11.5 Å². The fraction of sp³-hybridized carbons (Fsp3) is 0. The fourth-order valence-corrected chi connectivity index (χ4v) is 4.18. The molecular weight excluding hydrogens is 492 g/mol. The second-order valence-electron chi connectivity index (χ2n) is 9.17. The molecule has 0 spiro atoms. The molecule has 0 unspecified atom stereocenters. The number of rotatable bonds is 4. The average molecular weight is 517 g/mol. The minimum absolute atomic E-state index is 0.591. The number of carbonyl (C=O) groups is 2. The van der Waals surface area contributed by atoms with E-state index < -0.39 is 0 Å². The van der Waals surface area contributed by atoms with Crippen LogP contribution in [0.5, 0.6) is 0 Å². The van der Waals surface area contributed by atoms with E-state index in [4.69, 9.17) is 11.5 Å². The lowest BCUT2D eigenvalue weighted by molar-refractivity contribution is 0.111. The summed E-state index contributed by atoms with van der Waals surface area (Å²) in [7, 11) is 0. The summed E-state index contributed by atoms with van der Waals surface area (Å²) in [6, 6.07) is 33.6. The maximum Gasteiger partial charge on any atom is 0.150 e. The van der Waals surface area contributed by atoms with Gasteiger partial charge in [-0.15, -0.1) is 0 Å². The van der Waals surface area contributed by atoms with Crippen molar-refractivity contribution in [2.24, 2.45) is 0 Å². The first-order valence-corrected chi connectivity index (χ1v) is 12.6. The summed E-state index contributed by atoms with van der Waals surface area (Å²) < 4.78 is 0. The molecule has 0 saturated carbocycles. The Hall–Kier alpha value is -5.84. The van der Waals surface area contributed by atoms with Crippen molar-refractivity contribution in [1.82, 2.24) is 0 Å². The zero-order valence-electron chi connectivity index (χ0n) is 21.5. The molecule has 0 heterocycles. The molecule has 0 fully saturated rings. The van der Waals surface area contributed by atoms with Gasteiger partial charge in [0.25, 0.3) is 0 Å². The highest BCUT2D eigenvalue weighted by molar-refractivity contribution is 5.84. The minimum atomic E-state index is 0.591. The van der Waals surface area contributed by atoms with E-state index in [-0.39, 0.29) is 0 Å². The van der Waals surface area contributed by atoms with Crippen LogP contribution < -0.4 is 11.5 Å². The van der Waals surface area contributed by atoms with Crippen molar-refractivity contribution >= 4 is 23.9 Å². The highest BCUT2D eigenvalue weighted by Crippen LogP contribution is 2.32. The van der Waals surface area contributed by atoms with Crippen LogP contribution in [-0.4, -0.2) is 12.6 Å². The van der Waals surface area contributed by atoms with Gasteiger partial charge in [0.15, 0.2) is 0 Å². The van der Waals surface area contributed by atoms with Gasteiger partial charge in [-0.3, -0.25) is 9.59 Å². The maximum absolute atomic E-state index is 11.3. The molecule has 5 aromatic rings. The topological polar surface area (TPSA) is 86.2 Å². The minimum Gasteiger partial charge on any atom is -0.399 e.